The summed E-state index contributed by atoms with van der Waals surface area (Å²) in [6.07, 6.45) is 2.34. The van der Waals surface area contributed by atoms with Crippen molar-refractivity contribution in [3.05, 3.63) is 40.2 Å². The molecular formula is C16H20BrFN2O2Si. The molecule has 0 saturated heterocycles. The second-order valence-electron chi connectivity index (χ2n) is 6.56. The molecule has 1 heterocycles. The molecule has 0 N–H and O–H groups in total. The third-order valence-electron chi connectivity index (χ3n) is 3.32. The van der Waals surface area contributed by atoms with Crippen molar-refractivity contribution in [3.63, 3.8) is 0 Å². The minimum absolute atomic E-state index is 0.276. The average molecular weight is 399 g/mol. The summed E-state index contributed by atoms with van der Waals surface area (Å²) in [6.45, 7) is 7.81. The van der Waals surface area contributed by atoms with Crippen LogP contribution in [0.2, 0.25) is 25.7 Å². The maximum Gasteiger partial charge on any atom is 0.153 e. The number of halogens is 2. The first-order valence-corrected chi connectivity index (χ1v) is 11.9. The summed E-state index contributed by atoms with van der Waals surface area (Å²) >= 11 is 3.37. The molecule has 0 bridgehead atoms. The number of carbonyl (C=O) groups excluding carboxylic acids is 1. The topological polar surface area (TPSA) is 44.1 Å². The lowest BCUT2D eigenvalue weighted by molar-refractivity contribution is 0.0786. The van der Waals surface area contributed by atoms with Gasteiger partial charge in [0.1, 0.15) is 18.2 Å². The van der Waals surface area contributed by atoms with Crippen molar-refractivity contribution in [3.8, 4) is 11.3 Å². The number of hydrogen-bond donors (Lipinski definition) is 0. The molecule has 0 fully saturated rings. The Labute approximate surface area is 144 Å². The van der Waals surface area contributed by atoms with Crippen molar-refractivity contribution in [1.29, 1.82) is 0 Å². The Morgan fingerprint density at radius 2 is 2.13 bits per heavy atom. The fourth-order valence-corrected chi connectivity index (χ4v) is 3.21. The van der Waals surface area contributed by atoms with Crippen LogP contribution in [0.3, 0.4) is 0 Å². The van der Waals surface area contributed by atoms with Gasteiger partial charge in [0.05, 0.1) is 5.56 Å². The van der Waals surface area contributed by atoms with Crippen molar-refractivity contribution in [2.45, 2.75) is 32.4 Å². The van der Waals surface area contributed by atoms with Gasteiger partial charge in [-0.05, 0) is 24.2 Å². The van der Waals surface area contributed by atoms with Crippen LogP contribution in [0.5, 0.6) is 0 Å². The highest BCUT2D eigenvalue weighted by molar-refractivity contribution is 9.10. The molecule has 1 aromatic heterocycles. The largest absolute Gasteiger partial charge is 0.360 e. The molecule has 124 valence electrons. The Bertz CT molecular complexity index is 698. The standard InChI is InChI=1S/C16H20BrFN2O2Si/c1-23(2,3)7-6-22-11-20-9-12(10-21)16(19-20)14-8-13(18)4-5-15(14)17/h4-5,8-10H,6-7,11H2,1-3H3. The van der Waals surface area contributed by atoms with Gasteiger partial charge in [-0.25, -0.2) is 9.07 Å². The molecule has 0 aliphatic carbocycles. The Balaban J connectivity index is 2.15. The lowest BCUT2D eigenvalue weighted by Crippen LogP contribution is -2.22. The minimum Gasteiger partial charge on any atom is -0.360 e. The first kappa shape index (κ1) is 18.0. The second kappa shape index (κ2) is 7.50. The van der Waals surface area contributed by atoms with E-state index in [2.05, 4.69) is 40.7 Å². The molecule has 0 aliphatic rings. The van der Waals surface area contributed by atoms with Crippen LogP contribution in [0, 0.1) is 5.82 Å². The predicted molar refractivity (Wildman–Crippen MR) is 94.8 cm³/mol. The maximum atomic E-state index is 13.5. The summed E-state index contributed by atoms with van der Waals surface area (Å²) in [5, 5.41) is 4.36. The summed E-state index contributed by atoms with van der Waals surface area (Å²) in [5.41, 5.74) is 1.40. The van der Waals surface area contributed by atoms with Crippen LogP contribution in [-0.2, 0) is 11.5 Å². The Kier molecular flexibility index (Phi) is 5.88. The molecule has 0 radical (unpaired) electrons. The summed E-state index contributed by atoms with van der Waals surface area (Å²) in [6, 6.07) is 5.38. The normalized spacial score (nSPS) is 11.7. The van der Waals surface area contributed by atoms with Crippen LogP contribution in [-0.4, -0.2) is 30.7 Å². The van der Waals surface area contributed by atoms with E-state index >= 15 is 0 Å². The first-order valence-electron chi connectivity index (χ1n) is 7.36. The van der Waals surface area contributed by atoms with E-state index in [0.29, 0.717) is 27.9 Å². The predicted octanol–water partition coefficient (Wildman–Crippen LogP) is 4.58. The zero-order valence-electron chi connectivity index (χ0n) is 13.5. The van der Waals surface area contributed by atoms with Gasteiger partial charge in [-0.15, -0.1) is 0 Å². The van der Waals surface area contributed by atoms with Crippen LogP contribution in [0.25, 0.3) is 11.3 Å². The van der Waals surface area contributed by atoms with E-state index in [4.69, 9.17) is 4.74 Å². The van der Waals surface area contributed by atoms with E-state index in [9.17, 15) is 9.18 Å². The number of ether oxygens (including phenoxy) is 1. The van der Waals surface area contributed by atoms with Gasteiger partial charge in [-0.1, -0.05) is 35.6 Å². The molecule has 1 aromatic carbocycles. The van der Waals surface area contributed by atoms with Crippen molar-refractivity contribution < 1.29 is 13.9 Å². The number of aldehydes is 1. The summed E-state index contributed by atoms with van der Waals surface area (Å²) in [4.78, 5) is 11.3. The number of benzene rings is 1. The molecular weight excluding hydrogens is 379 g/mol. The van der Waals surface area contributed by atoms with Crippen molar-refractivity contribution in [2.24, 2.45) is 0 Å². The zero-order valence-corrected chi connectivity index (χ0v) is 16.1. The van der Waals surface area contributed by atoms with E-state index in [1.165, 1.54) is 12.1 Å². The van der Waals surface area contributed by atoms with Gasteiger partial charge in [0.2, 0.25) is 0 Å². The molecule has 7 heteroatoms. The van der Waals surface area contributed by atoms with Crippen LogP contribution >= 0.6 is 15.9 Å². The van der Waals surface area contributed by atoms with Gasteiger partial charge in [0.25, 0.3) is 0 Å². The highest BCUT2D eigenvalue weighted by Crippen LogP contribution is 2.29. The molecule has 0 spiro atoms. The zero-order chi connectivity index (χ0) is 17.0. The van der Waals surface area contributed by atoms with E-state index in [1.807, 2.05) is 0 Å². The Morgan fingerprint density at radius 1 is 1.39 bits per heavy atom. The van der Waals surface area contributed by atoms with E-state index < -0.39 is 8.07 Å². The van der Waals surface area contributed by atoms with Gasteiger partial charge in [0.15, 0.2) is 6.29 Å². The number of nitrogens with zero attached hydrogens (tertiary/aromatic N) is 2. The smallest absolute Gasteiger partial charge is 0.153 e. The number of aromatic nitrogens is 2. The SMILES string of the molecule is C[Si](C)(C)CCOCn1cc(C=O)c(-c2cc(F)ccc2Br)n1. The fourth-order valence-electron chi connectivity index (χ4n) is 2.01. The molecule has 0 unspecified atom stereocenters. The van der Waals surface area contributed by atoms with Gasteiger partial charge < -0.3 is 4.74 Å². The number of rotatable bonds is 7. The fraction of sp³-hybridized carbons (Fsp3) is 0.375. The van der Waals surface area contributed by atoms with E-state index in [1.54, 1.807) is 16.9 Å². The number of hydrogen-bond acceptors (Lipinski definition) is 3. The summed E-state index contributed by atoms with van der Waals surface area (Å²) in [5.74, 6) is -0.374. The molecule has 0 saturated carbocycles. The monoisotopic (exact) mass is 398 g/mol. The Hall–Kier alpha value is -1.31. The molecule has 4 nitrogen and oxygen atoms in total. The van der Waals surface area contributed by atoms with Gasteiger partial charge in [-0.2, -0.15) is 5.10 Å². The third-order valence-corrected chi connectivity index (χ3v) is 5.72. The van der Waals surface area contributed by atoms with Crippen LogP contribution in [0.4, 0.5) is 4.39 Å². The third kappa shape index (κ3) is 5.09. The van der Waals surface area contributed by atoms with E-state index in [0.717, 1.165) is 12.3 Å². The van der Waals surface area contributed by atoms with Gasteiger partial charge in [-0.3, -0.25) is 4.79 Å². The molecule has 0 atom stereocenters. The maximum absolute atomic E-state index is 13.5. The molecule has 23 heavy (non-hydrogen) atoms. The van der Waals surface area contributed by atoms with Crippen LogP contribution in [0.15, 0.2) is 28.9 Å². The van der Waals surface area contributed by atoms with Gasteiger partial charge in [0, 0.05) is 30.9 Å². The lowest BCUT2D eigenvalue weighted by atomic mass is 10.1. The van der Waals surface area contributed by atoms with Crippen molar-refractivity contribution in [2.75, 3.05) is 6.61 Å². The highest BCUT2D eigenvalue weighted by Gasteiger charge is 2.15. The van der Waals surface area contributed by atoms with Gasteiger partial charge >= 0.3 is 0 Å². The van der Waals surface area contributed by atoms with Crippen molar-refractivity contribution in [1.82, 2.24) is 9.78 Å². The van der Waals surface area contributed by atoms with E-state index in [-0.39, 0.29) is 12.5 Å². The number of carbonyl (C=O) groups is 1. The second-order valence-corrected chi connectivity index (χ2v) is 13.0. The Morgan fingerprint density at radius 3 is 2.78 bits per heavy atom. The molecule has 2 aromatic rings. The quantitative estimate of drug-likeness (QED) is 0.389. The lowest BCUT2D eigenvalue weighted by Gasteiger charge is -2.15. The highest BCUT2D eigenvalue weighted by atomic mass is 79.9. The minimum atomic E-state index is -1.13. The molecule has 0 aliphatic heterocycles. The molecule has 2 rings (SSSR count). The van der Waals surface area contributed by atoms with Crippen molar-refractivity contribution >= 4 is 30.3 Å². The van der Waals surface area contributed by atoms with Crippen LogP contribution in [0.1, 0.15) is 10.4 Å². The molecule has 0 amide bonds. The summed E-state index contributed by atoms with van der Waals surface area (Å²) < 4.78 is 21.4. The summed E-state index contributed by atoms with van der Waals surface area (Å²) in [7, 11) is -1.13. The first-order chi connectivity index (χ1) is 10.8. The average Bonchev–Trinajstić information content (AvgIpc) is 2.88. The van der Waals surface area contributed by atoms with Crippen LogP contribution < -0.4 is 0 Å².